The minimum absolute atomic E-state index is 0.0505. The molecule has 23 heavy (non-hydrogen) atoms. The lowest BCUT2D eigenvalue weighted by atomic mass is 10.0. The Bertz CT molecular complexity index is 321. The number of carbonyl (C=O) groups excluding carboxylic acids is 1. The molecule has 3 heteroatoms. The molecule has 1 atom stereocenters. The molecular weight excluding hydrogens is 288 g/mol. The predicted molar refractivity (Wildman–Crippen MR) is 95.0 cm³/mol. The van der Waals surface area contributed by atoms with Crippen molar-refractivity contribution in [3.05, 3.63) is 24.3 Å². The van der Waals surface area contributed by atoms with Crippen LogP contribution in [0.25, 0.3) is 0 Å². The molecule has 0 amide bonds. The third-order valence-electron chi connectivity index (χ3n) is 3.91. The Labute approximate surface area is 142 Å². The number of carboxylic acid groups (broad SMARTS) is 1. The monoisotopic (exact) mass is 323 g/mol. The van der Waals surface area contributed by atoms with Crippen molar-refractivity contribution in [2.75, 3.05) is 0 Å². The summed E-state index contributed by atoms with van der Waals surface area (Å²) in [4.78, 5) is 10.3. The maximum atomic E-state index is 10.3. The van der Waals surface area contributed by atoms with Gasteiger partial charge in [0, 0.05) is 5.97 Å². The molecule has 0 aliphatic rings. The van der Waals surface area contributed by atoms with E-state index >= 15 is 0 Å². The van der Waals surface area contributed by atoms with Gasteiger partial charge in [0.15, 0.2) is 0 Å². The first-order chi connectivity index (χ1) is 11.2. The first kappa shape index (κ1) is 21.9. The van der Waals surface area contributed by atoms with Gasteiger partial charge in [-0.05, 0) is 57.8 Å². The quantitative estimate of drug-likeness (QED) is 0.340. The number of aliphatic carboxylic acids is 1. The largest absolute Gasteiger partial charge is 0.550 e. The molecule has 0 radical (unpaired) electrons. The van der Waals surface area contributed by atoms with E-state index in [1.165, 1.54) is 25.7 Å². The summed E-state index contributed by atoms with van der Waals surface area (Å²) < 4.78 is 0. The van der Waals surface area contributed by atoms with E-state index in [0.29, 0.717) is 12.8 Å². The Hall–Kier alpha value is -1.09. The summed E-state index contributed by atoms with van der Waals surface area (Å²) in [6.45, 7) is 2.23. The molecule has 0 aliphatic carbocycles. The molecule has 0 aromatic rings. The van der Waals surface area contributed by atoms with Crippen molar-refractivity contribution in [1.29, 1.82) is 0 Å². The van der Waals surface area contributed by atoms with Gasteiger partial charge in [0.05, 0.1) is 6.10 Å². The van der Waals surface area contributed by atoms with Crippen LogP contribution in [0.15, 0.2) is 24.3 Å². The van der Waals surface area contributed by atoms with Crippen LogP contribution < -0.4 is 5.11 Å². The van der Waals surface area contributed by atoms with Gasteiger partial charge in [0.2, 0.25) is 0 Å². The Morgan fingerprint density at radius 2 is 1.52 bits per heavy atom. The third kappa shape index (κ3) is 18.9. The van der Waals surface area contributed by atoms with Crippen LogP contribution >= 0.6 is 0 Å². The summed E-state index contributed by atoms with van der Waals surface area (Å²) in [5.41, 5.74) is 0. The molecule has 0 spiro atoms. The van der Waals surface area contributed by atoms with Gasteiger partial charge < -0.3 is 15.0 Å². The topological polar surface area (TPSA) is 60.4 Å². The lowest BCUT2D eigenvalue weighted by molar-refractivity contribution is -0.305. The van der Waals surface area contributed by atoms with Crippen LogP contribution in [0.4, 0.5) is 0 Å². The van der Waals surface area contributed by atoms with Gasteiger partial charge in [0.1, 0.15) is 0 Å². The molecule has 3 nitrogen and oxygen atoms in total. The van der Waals surface area contributed by atoms with Gasteiger partial charge in [-0.25, -0.2) is 0 Å². The van der Waals surface area contributed by atoms with E-state index < -0.39 is 5.97 Å². The van der Waals surface area contributed by atoms with E-state index in [1.807, 2.05) is 0 Å². The van der Waals surface area contributed by atoms with Crippen molar-refractivity contribution in [3.8, 4) is 0 Å². The molecule has 0 aromatic heterocycles. The number of hydrogen-bond donors (Lipinski definition) is 1. The van der Waals surface area contributed by atoms with Gasteiger partial charge in [-0.1, -0.05) is 56.9 Å². The van der Waals surface area contributed by atoms with Gasteiger partial charge in [-0.15, -0.1) is 0 Å². The SMILES string of the molecule is CCCCC/C=C\C/C=C\CCCCC[C@@H](O)CCCC(=O)[O-]. The van der Waals surface area contributed by atoms with E-state index in [0.717, 1.165) is 38.5 Å². The van der Waals surface area contributed by atoms with Crippen molar-refractivity contribution in [2.45, 2.75) is 96.5 Å². The highest BCUT2D eigenvalue weighted by atomic mass is 16.4. The van der Waals surface area contributed by atoms with Crippen LogP contribution in [-0.4, -0.2) is 17.2 Å². The maximum Gasteiger partial charge on any atom is 0.0540 e. The first-order valence-corrected chi connectivity index (χ1v) is 9.34. The third-order valence-corrected chi connectivity index (χ3v) is 3.91. The van der Waals surface area contributed by atoms with Crippen molar-refractivity contribution in [3.63, 3.8) is 0 Å². The zero-order valence-electron chi connectivity index (χ0n) is 14.8. The molecule has 0 fully saturated rings. The van der Waals surface area contributed by atoms with E-state index in [4.69, 9.17) is 0 Å². The minimum Gasteiger partial charge on any atom is -0.550 e. The van der Waals surface area contributed by atoms with Crippen LogP contribution in [0, 0.1) is 0 Å². The number of rotatable bonds is 16. The fourth-order valence-corrected chi connectivity index (χ4v) is 2.46. The molecule has 0 bridgehead atoms. The molecule has 1 N–H and O–H groups in total. The summed E-state index contributed by atoms with van der Waals surface area (Å²) >= 11 is 0. The van der Waals surface area contributed by atoms with Crippen LogP contribution in [0.5, 0.6) is 0 Å². The minimum atomic E-state index is -1.03. The van der Waals surface area contributed by atoms with Crippen molar-refractivity contribution < 1.29 is 15.0 Å². The van der Waals surface area contributed by atoms with E-state index in [1.54, 1.807) is 0 Å². The molecular formula is C20H35O3-. The molecule has 0 saturated carbocycles. The van der Waals surface area contributed by atoms with E-state index in [-0.39, 0.29) is 12.5 Å². The van der Waals surface area contributed by atoms with Gasteiger partial charge in [-0.3, -0.25) is 0 Å². The predicted octanol–water partition coefficient (Wildman–Crippen LogP) is 4.30. The number of aliphatic hydroxyl groups excluding tert-OH is 1. The lowest BCUT2D eigenvalue weighted by Gasteiger charge is -2.10. The average molecular weight is 323 g/mol. The number of hydrogen-bond acceptors (Lipinski definition) is 3. The summed E-state index contributed by atoms with van der Waals surface area (Å²) in [7, 11) is 0. The van der Waals surface area contributed by atoms with Crippen LogP contribution in [0.3, 0.4) is 0 Å². The highest BCUT2D eigenvalue weighted by molar-refractivity contribution is 5.64. The second-order valence-corrected chi connectivity index (χ2v) is 6.23. The van der Waals surface area contributed by atoms with Crippen LogP contribution in [0.2, 0.25) is 0 Å². The molecule has 0 aliphatic heterocycles. The number of aliphatic hydroxyl groups is 1. The Kier molecular flexibility index (Phi) is 16.4. The number of carboxylic acids is 1. The second kappa shape index (κ2) is 17.3. The summed E-state index contributed by atoms with van der Waals surface area (Å²) in [5, 5.41) is 20.0. The zero-order valence-corrected chi connectivity index (χ0v) is 14.8. The molecule has 0 aromatic carbocycles. The van der Waals surface area contributed by atoms with E-state index in [9.17, 15) is 15.0 Å². The molecule has 0 rings (SSSR count). The summed E-state index contributed by atoms with van der Waals surface area (Å²) in [5.74, 6) is -1.03. The smallest absolute Gasteiger partial charge is 0.0540 e. The maximum absolute atomic E-state index is 10.3. The standard InChI is InChI=1S/C20H36O3/c1-2-3-4-5-6-7-8-9-10-11-12-13-14-16-19(21)17-15-18-20(22)23/h6-7,9-10,19,21H,2-5,8,11-18H2,1H3,(H,22,23)/p-1/b7-6-,10-9-/t19-/m1/s1. The van der Waals surface area contributed by atoms with E-state index in [2.05, 4.69) is 31.2 Å². The Morgan fingerprint density at radius 3 is 2.13 bits per heavy atom. The molecule has 0 unspecified atom stereocenters. The fourth-order valence-electron chi connectivity index (χ4n) is 2.46. The number of carbonyl (C=O) groups is 1. The van der Waals surface area contributed by atoms with Crippen molar-refractivity contribution in [1.82, 2.24) is 0 Å². The highest BCUT2D eigenvalue weighted by Gasteiger charge is 2.03. The fraction of sp³-hybridized carbons (Fsp3) is 0.750. The Balaban J connectivity index is 3.31. The summed E-state index contributed by atoms with van der Waals surface area (Å²) in [6, 6.07) is 0. The number of allylic oxidation sites excluding steroid dienone is 4. The normalized spacial score (nSPS) is 13.1. The molecule has 134 valence electrons. The van der Waals surface area contributed by atoms with Crippen LogP contribution in [0.1, 0.15) is 90.4 Å². The highest BCUT2D eigenvalue weighted by Crippen LogP contribution is 2.11. The average Bonchev–Trinajstić information content (AvgIpc) is 2.51. The first-order valence-electron chi connectivity index (χ1n) is 9.34. The number of unbranched alkanes of at least 4 members (excludes halogenated alkanes) is 6. The molecule has 0 saturated heterocycles. The van der Waals surface area contributed by atoms with Crippen molar-refractivity contribution >= 4 is 5.97 Å². The Morgan fingerprint density at radius 1 is 0.913 bits per heavy atom. The summed E-state index contributed by atoms with van der Waals surface area (Å²) in [6.07, 6.45) is 21.1. The molecule has 0 heterocycles. The van der Waals surface area contributed by atoms with Gasteiger partial charge in [0.25, 0.3) is 0 Å². The van der Waals surface area contributed by atoms with Crippen molar-refractivity contribution in [2.24, 2.45) is 0 Å². The second-order valence-electron chi connectivity index (χ2n) is 6.23. The van der Waals surface area contributed by atoms with Gasteiger partial charge in [-0.2, -0.15) is 0 Å². The van der Waals surface area contributed by atoms with Gasteiger partial charge >= 0.3 is 0 Å². The zero-order chi connectivity index (χ0) is 17.2. The van der Waals surface area contributed by atoms with Crippen LogP contribution in [-0.2, 0) is 4.79 Å². The lowest BCUT2D eigenvalue weighted by Crippen LogP contribution is -2.22.